The number of rotatable bonds is 2. The molecule has 1 saturated carbocycles. The summed E-state index contributed by atoms with van der Waals surface area (Å²) in [6, 6.07) is 0. The van der Waals surface area contributed by atoms with E-state index in [1.165, 1.54) is 0 Å². The van der Waals surface area contributed by atoms with Crippen LogP contribution in [0.2, 0.25) is 0 Å². The topological polar surface area (TPSA) is 66.8 Å². The summed E-state index contributed by atoms with van der Waals surface area (Å²) in [6.07, 6.45) is 0.476. The highest BCUT2D eigenvalue weighted by Gasteiger charge is 2.52. The molecule has 1 heterocycles. The molecular weight excluding hydrogens is 222 g/mol. The van der Waals surface area contributed by atoms with Gasteiger partial charge in [-0.3, -0.25) is 4.79 Å². The molecule has 0 aromatic rings. The molecule has 17 heavy (non-hydrogen) atoms. The molecule has 1 saturated heterocycles. The molecule has 5 heteroatoms. The number of carboxylic acids is 1. The zero-order chi connectivity index (χ0) is 12.8. The van der Waals surface area contributed by atoms with E-state index in [1.807, 2.05) is 20.8 Å². The van der Waals surface area contributed by atoms with E-state index >= 15 is 0 Å². The Kier molecular flexibility index (Phi) is 2.79. The molecule has 1 N–H and O–H groups in total. The first kappa shape index (κ1) is 12.2. The molecule has 1 aliphatic carbocycles. The van der Waals surface area contributed by atoms with Gasteiger partial charge in [-0.1, -0.05) is 0 Å². The molecule has 0 aromatic heterocycles. The Labute approximate surface area is 101 Å². The first-order valence-corrected chi connectivity index (χ1v) is 5.98. The lowest BCUT2D eigenvalue weighted by molar-refractivity contribution is -0.139. The van der Waals surface area contributed by atoms with Crippen molar-refractivity contribution in [1.82, 2.24) is 4.90 Å². The van der Waals surface area contributed by atoms with Gasteiger partial charge >= 0.3 is 12.1 Å². The lowest BCUT2D eigenvalue weighted by atomic mass is 9.94. The van der Waals surface area contributed by atoms with Crippen LogP contribution in [0.3, 0.4) is 0 Å². The van der Waals surface area contributed by atoms with Crippen LogP contribution in [0, 0.1) is 17.8 Å². The van der Waals surface area contributed by atoms with Crippen LogP contribution >= 0.6 is 0 Å². The summed E-state index contributed by atoms with van der Waals surface area (Å²) in [7, 11) is 0. The fraction of sp³-hybridized carbons (Fsp3) is 0.833. The first-order chi connectivity index (χ1) is 7.78. The number of nitrogens with zero attached hydrogens (tertiary/aromatic N) is 1. The predicted octanol–water partition coefficient (Wildman–Crippen LogP) is 1.57. The zero-order valence-electron chi connectivity index (χ0n) is 10.5. The van der Waals surface area contributed by atoms with Crippen LogP contribution in [0.15, 0.2) is 0 Å². The van der Waals surface area contributed by atoms with Crippen molar-refractivity contribution in [1.29, 1.82) is 0 Å². The third-order valence-electron chi connectivity index (χ3n) is 3.32. The second-order valence-electron chi connectivity index (χ2n) is 5.99. The third kappa shape index (κ3) is 2.70. The maximum absolute atomic E-state index is 11.6. The number of hydrogen-bond acceptors (Lipinski definition) is 3. The van der Waals surface area contributed by atoms with Gasteiger partial charge in [-0.2, -0.15) is 0 Å². The van der Waals surface area contributed by atoms with Gasteiger partial charge in [-0.15, -0.1) is 0 Å². The highest BCUT2D eigenvalue weighted by molar-refractivity contribution is 5.74. The molecule has 0 radical (unpaired) electrons. The third-order valence-corrected chi connectivity index (χ3v) is 3.32. The Morgan fingerprint density at radius 1 is 1.29 bits per heavy atom. The standard InChI is InChI=1S/C12H19NO4/c1-12(2,3)17-11(16)13-5-7(6-13)8-4-9(8)10(14)15/h7-9H,4-6H2,1-3H3,(H,14,15)/t8-,9+/m1/s1. The molecule has 2 rings (SSSR count). The van der Waals surface area contributed by atoms with E-state index in [0.29, 0.717) is 19.0 Å². The average molecular weight is 241 g/mol. The number of likely N-dealkylation sites (tertiary alicyclic amines) is 1. The molecule has 5 nitrogen and oxygen atoms in total. The number of aliphatic carboxylic acids is 1. The molecule has 0 spiro atoms. The van der Waals surface area contributed by atoms with Gasteiger partial charge in [-0.25, -0.2) is 4.79 Å². The minimum absolute atomic E-state index is 0.180. The van der Waals surface area contributed by atoms with Crippen LogP contribution < -0.4 is 0 Å². The normalized spacial score (nSPS) is 28.5. The Hall–Kier alpha value is -1.26. The van der Waals surface area contributed by atoms with E-state index in [0.717, 1.165) is 6.42 Å². The highest BCUT2D eigenvalue weighted by Crippen LogP contribution is 2.47. The van der Waals surface area contributed by atoms with Crippen molar-refractivity contribution in [3.63, 3.8) is 0 Å². The molecule has 0 unspecified atom stereocenters. The minimum Gasteiger partial charge on any atom is -0.481 e. The van der Waals surface area contributed by atoms with E-state index in [1.54, 1.807) is 4.90 Å². The van der Waals surface area contributed by atoms with Gasteiger partial charge in [0.15, 0.2) is 0 Å². The van der Waals surface area contributed by atoms with Gasteiger partial charge in [0, 0.05) is 13.1 Å². The van der Waals surface area contributed by atoms with Gasteiger partial charge in [0.2, 0.25) is 0 Å². The van der Waals surface area contributed by atoms with Crippen molar-refractivity contribution in [3.05, 3.63) is 0 Å². The Bertz CT molecular complexity index is 341. The van der Waals surface area contributed by atoms with E-state index in [9.17, 15) is 9.59 Å². The molecule has 1 amide bonds. The van der Waals surface area contributed by atoms with Gasteiger partial charge < -0.3 is 14.7 Å². The Balaban J connectivity index is 1.73. The fourth-order valence-electron chi connectivity index (χ4n) is 2.28. The first-order valence-electron chi connectivity index (χ1n) is 5.98. The van der Waals surface area contributed by atoms with Crippen molar-refractivity contribution in [3.8, 4) is 0 Å². The predicted molar refractivity (Wildman–Crippen MR) is 60.5 cm³/mol. The quantitative estimate of drug-likeness (QED) is 0.797. The monoisotopic (exact) mass is 241 g/mol. The lowest BCUT2D eigenvalue weighted by Gasteiger charge is -2.40. The van der Waals surface area contributed by atoms with Crippen LogP contribution in [0.5, 0.6) is 0 Å². The maximum Gasteiger partial charge on any atom is 0.410 e. The summed E-state index contributed by atoms with van der Waals surface area (Å²) >= 11 is 0. The lowest BCUT2D eigenvalue weighted by Crippen LogP contribution is -2.52. The van der Waals surface area contributed by atoms with Crippen molar-refractivity contribution in [2.45, 2.75) is 32.8 Å². The van der Waals surface area contributed by atoms with Crippen molar-refractivity contribution in [2.75, 3.05) is 13.1 Å². The van der Waals surface area contributed by atoms with Gasteiger partial charge in [0.1, 0.15) is 5.60 Å². The Morgan fingerprint density at radius 3 is 2.29 bits per heavy atom. The molecular formula is C12H19NO4. The number of hydrogen-bond donors (Lipinski definition) is 1. The minimum atomic E-state index is -0.703. The summed E-state index contributed by atoms with van der Waals surface area (Å²) in [5.41, 5.74) is -0.467. The zero-order valence-corrected chi connectivity index (χ0v) is 10.5. The van der Waals surface area contributed by atoms with Crippen LogP contribution in [0.4, 0.5) is 4.79 Å². The van der Waals surface area contributed by atoms with E-state index in [4.69, 9.17) is 9.84 Å². The van der Waals surface area contributed by atoms with Crippen LogP contribution in [0.1, 0.15) is 27.2 Å². The summed E-state index contributed by atoms with van der Waals surface area (Å²) in [6.45, 7) is 6.79. The molecule has 2 aliphatic rings. The maximum atomic E-state index is 11.6. The fourth-order valence-corrected chi connectivity index (χ4v) is 2.28. The van der Waals surface area contributed by atoms with Gasteiger partial charge in [0.25, 0.3) is 0 Å². The van der Waals surface area contributed by atoms with Crippen molar-refractivity contribution < 1.29 is 19.4 Å². The van der Waals surface area contributed by atoms with E-state index in [2.05, 4.69) is 0 Å². The second kappa shape index (κ2) is 3.89. The van der Waals surface area contributed by atoms with E-state index < -0.39 is 11.6 Å². The van der Waals surface area contributed by atoms with E-state index in [-0.39, 0.29) is 17.9 Å². The largest absolute Gasteiger partial charge is 0.481 e. The second-order valence-corrected chi connectivity index (χ2v) is 5.99. The highest BCUT2D eigenvalue weighted by atomic mass is 16.6. The Morgan fingerprint density at radius 2 is 1.88 bits per heavy atom. The summed E-state index contributed by atoms with van der Waals surface area (Å²) in [5, 5.41) is 8.81. The molecule has 0 aromatic carbocycles. The van der Waals surface area contributed by atoms with Crippen molar-refractivity contribution in [2.24, 2.45) is 17.8 Å². The van der Waals surface area contributed by atoms with Gasteiger partial charge in [-0.05, 0) is 39.0 Å². The summed E-state index contributed by atoms with van der Waals surface area (Å²) in [5.74, 6) is -0.263. The number of ether oxygens (including phenoxy) is 1. The summed E-state index contributed by atoms with van der Waals surface area (Å²) < 4.78 is 5.24. The molecule has 96 valence electrons. The smallest absolute Gasteiger partial charge is 0.410 e. The SMILES string of the molecule is CC(C)(C)OC(=O)N1CC([C@H]2C[C@@H]2C(=O)O)C1. The molecule has 1 aliphatic heterocycles. The van der Waals surface area contributed by atoms with Crippen LogP contribution in [-0.2, 0) is 9.53 Å². The number of carbonyl (C=O) groups is 2. The average Bonchev–Trinajstić information content (AvgIpc) is 2.76. The molecule has 2 atom stereocenters. The van der Waals surface area contributed by atoms with Crippen LogP contribution in [-0.4, -0.2) is 40.8 Å². The van der Waals surface area contributed by atoms with Gasteiger partial charge in [0.05, 0.1) is 5.92 Å². The van der Waals surface area contributed by atoms with Crippen LogP contribution in [0.25, 0.3) is 0 Å². The number of amides is 1. The van der Waals surface area contributed by atoms with Crippen molar-refractivity contribution >= 4 is 12.1 Å². The number of carbonyl (C=O) groups excluding carboxylic acids is 1. The summed E-state index contributed by atoms with van der Waals surface area (Å²) in [4.78, 5) is 24.0. The molecule has 2 fully saturated rings. The number of carboxylic acid groups (broad SMARTS) is 1. The molecule has 0 bridgehead atoms.